The van der Waals surface area contributed by atoms with Crippen molar-refractivity contribution in [2.75, 3.05) is 23.3 Å². The van der Waals surface area contributed by atoms with Crippen LogP contribution >= 0.6 is 11.3 Å². The van der Waals surface area contributed by atoms with E-state index in [0.29, 0.717) is 30.4 Å². The summed E-state index contributed by atoms with van der Waals surface area (Å²) in [5.41, 5.74) is 6.12. The predicted molar refractivity (Wildman–Crippen MR) is 138 cm³/mol. The zero-order valence-electron chi connectivity index (χ0n) is 20.3. The smallest absolute Gasteiger partial charge is 0.404 e. The Labute approximate surface area is 220 Å². The molecule has 38 heavy (non-hydrogen) atoms. The number of carbonyl (C=O) groups is 3. The van der Waals surface area contributed by atoms with Crippen molar-refractivity contribution in [1.29, 1.82) is 0 Å². The molecule has 0 radical (unpaired) electrons. The minimum atomic E-state index is -1.47. The van der Waals surface area contributed by atoms with Gasteiger partial charge in [0.15, 0.2) is 5.13 Å². The third-order valence-electron chi connectivity index (χ3n) is 6.72. The van der Waals surface area contributed by atoms with Crippen LogP contribution in [0.25, 0.3) is 11.7 Å². The zero-order valence-corrected chi connectivity index (χ0v) is 21.1. The molecule has 3 aromatic heterocycles. The number of ether oxygens (including phenoxy) is 1. The van der Waals surface area contributed by atoms with Gasteiger partial charge in [0, 0.05) is 29.6 Å². The van der Waals surface area contributed by atoms with E-state index in [1.165, 1.54) is 40.5 Å². The Hall–Kier alpha value is -4.26. The Balaban J connectivity index is 1.48. The van der Waals surface area contributed by atoms with E-state index < -0.39 is 29.6 Å². The molecule has 1 atom stereocenters. The number of pyridine rings is 1. The van der Waals surface area contributed by atoms with Crippen molar-refractivity contribution in [2.45, 2.75) is 44.1 Å². The Morgan fingerprint density at radius 3 is 2.74 bits per heavy atom. The number of nitrogens with zero attached hydrogens (tertiary/aromatic N) is 4. The Morgan fingerprint density at radius 2 is 2.03 bits per heavy atom. The fourth-order valence-corrected chi connectivity index (χ4v) is 5.40. The van der Waals surface area contributed by atoms with Gasteiger partial charge in [-0.15, -0.1) is 11.3 Å². The molecular formula is C25H25N6O6S-. The predicted octanol–water partition coefficient (Wildman–Crippen LogP) is 1.50. The van der Waals surface area contributed by atoms with E-state index >= 15 is 0 Å². The lowest BCUT2D eigenvalue weighted by atomic mass is 9.83. The molecule has 1 saturated carbocycles. The zero-order chi connectivity index (χ0) is 26.8. The molecule has 4 heterocycles. The molecule has 5 rings (SSSR count). The number of carboxylic acids is 1. The van der Waals surface area contributed by atoms with Crippen molar-refractivity contribution in [3.63, 3.8) is 0 Å². The van der Waals surface area contributed by atoms with Gasteiger partial charge in [-0.05, 0) is 50.0 Å². The highest BCUT2D eigenvalue weighted by Gasteiger charge is 2.27. The third kappa shape index (κ3) is 5.37. The number of nitrogens with one attached hydrogen (secondary N) is 1. The van der Waals surface area contributed by atoms with Crippen LogP contribution in [0.5, 0.6) is 0 Å². The average Bonchev–Trinajstić information content (AvgIpc) is 3.29. The minimum absolute atomic E-state index is 0.0231. The molecule has 2 fully saturated rings. The number of nitrogens with two attached hydrogens (primary N) is 1. The minimum Gasteiger partial charge on any atom is -0.545 e. The fourth-order valence-electron chi connectivity index (χ4n) is 4.61. The number of aromatic nitrogens is 3. The number of hydrogen-bond acceptors (Lipinski definition) is 10. The van der Waals surface area contributed by atoms with Gasteiger partial charge >= 0.3 is 6.09 Å². The van der Waals surface area contributed by atoms with E-state index in [1.807, 2.05) is 5.38 Å². The Bertz CT molecular complexity index is 1490. The first kappa shape index (κ1) is 25.4. The van der Waals surface area contributed by atoms with Gasteiger partial charge in [-0.2, -0.15) is 0 Å². The van der Waals surface area contributed by atoms with E-state index in [2.05, 4.69) is 15.3 Å². The summed E-state index contributed by atoms with van der Waals surface area (Å²) in [6, 6.07) is 2.96. The van der Waals surface area contributed by atoms with Crippen LogP contribution in [0, 0.1) is 0 Å². The summed E-state index contributed by atoms with van der Waals surface area (Å²) in [6.45, 7) is 0.701. The highest BCUT2D eigenvalue weighted by molar-refractivity contribution is 7.14. The summed E-state index contributed by atoms with van der Waals surface area (Å²) in [5, 5.41) is 16.3. The van der Waals surface area contributed by atoms with Crippen molar-refractivity contribution in [3.8, 4) is 0 Å². The van der Waals surface area contributed by atoms with Crippen LogP contribution in [0.2, 0.25) is 0 Å². The molecule has 198 valence electrons. The molecule has 1 aliphatic carbocycles. The van der Waals surface area contributed by atoms with Crippen LogP contribution in [0.15, 0.2) is 34.6 Å². The summed E-state index contributed by atoms with van der Waals surface area (Å²) in [7, 11) is 0. The summed E-state index contributed by atoms with van der Waals surface area (Å²) in [6.07, 6.45) is 6.50. The second-order valence-corrected chi connectivity index (χ2v) is 10.1. The third-order valence-corrected chi connectivity index (χ3v) is 7.50. The van der Waals surface area contributed by atoms with Gasteiger partial charge in [-0.25, -0.2) is 14.8 Å². The quantitative estimate of drug-likeness (QED) is 0.424. The number of amides is 2. The summed E-state index contributed by atoms with van der Waals surface area (Å²) >= 11 is 1.37. The molecule has 3 N–H and O–H groups in total. The van der Waals surface area contributed by atoms with Gasteiger partial charge < -0.3 is 25.3 Å². The molecule has 0 bridgehead atoms. The number of thiazole rings is 1. The molecular weight excluding hydrogens is 512 g/mol. The first-order valence-electron chi connectivity index (χ1n) is 12.2. The lowest BCUT2D eigenvalue weighted by molar-refractivity contribution is -0.297. The average molecular weight is 538 g/mol. The van der Waals surface area contributed by atoms with Crippen LogP contribution in [-0.4, -0.2) is 51.5 Å². The number of aliphatic carboxylic acids is 1. The maximum Gasteiger partial charge on any atom is 0.404 e. The second-order valence-electron chi connectivity index (χ2n) is 9.26. The molecule has 1 saturated heterocycles. The molecule has 2 aliphatic rings. The Morgan fingerprint density at radius 1 is 1.21 bits per heavy atom. The van der Waals surface area contributed by atoms with Gasteiger partial charge in [0.1, 0.15) is 17.6 Å². The summed E-state index contributed by atoms with van der Waals surface area (Å²) < 4.78 is 6.37. The first-order chi connectivity index (χ1) is 18.3. The van der Waals surface area contributed by atoms with Gasteiger partial charge in [0.25, 0.3) is 11.5 Å². The highest BCUT2D eigenvalue weighted by atomic mass is 32.1. The van der Waals surface area contributed by atoms with Crippen LogP contribution in [0.4, 0.5) is 15.7 Å². The van der Waals surface area contributed by atoms with Crippen LogP contribution in [-0.2, 0) is 9.53 Å². The number of rotatable bonds is 7. The lowest BCUT2D eigenvalue weighted by Crippen LogP contribution is -2.43. The standard InChI is InChI=1S/C25H26N6O6S/c26-24(36)37-16-5-2-9-30(12-16)21-17(6-7-20(32)33)23(35)31-10-8-15(11-19(31)28-21)22(34)29-25-27-18(13-38-25)14-3-1-4-14/h6-8,10-11,13-14,16H,1-5,9,12H2,(H2,26,36)(H,32,33)(H,27,29,34)/p-1/b7-6+. The SMILES string of the molecule is NC(=O)OC1CCCN(c2nc3cc(C(=O)Nc4nc(C5CCC5)cs4)ccn3c(=O)c2/C=C/C(=O)[O-])C1. The molecule has 0 aromatic carbocycles. The van der Waals surface area contributed by atoms with Gasteiger partial charge in [-0.1, -0.05) is 6.42 Å². The van der Waals surface area contributed by atoms with E-state index in [4.69, 9.17) is 10.5 Å². The lowest BCUT2D eigenvalue weighted by Gasteiger charge is -2.33. The van der Waals surface area contributed by atoms with E-state index in [1.54, 1.807) is 4.90 Å². The largest absolute Gasteiger partial charge is 0.545 e. The summed E-state index contributed by atoms with van der Waals surface area (Å²) in [4.78, 5) is 59.5. The Kier molecular flexibility index (Phi) is 7.09. The highest BCUT2D eigenvalue weighted by Crippen LogP contribution is 2.37. The molecule has 0 spiro atoms. The van der Waals surface area contributed by atoms with Crippen LogP contribution < -0.4 is 26.6 Å². The molecule has 13 heteroatoms. The first-order valence-corrected chi connectivity index (χ1v) is 13.1. The van der Waals surface area contributed by atoms with Crippen LogP contribution in [0.1, 0.15) is 59.6 Å². The van der Waals surface area contributed by atoms with Crippen molar-refractivity contribution in [2.24, 2.45) is 5.73 Å². The van der Waals surface area contributed by atoms with Crippen molar-refractivity contribution >= 4 is 52.0 Å². The number of piperidine rings is 1. The molecule has 12 nitrogen and oxygen atoms in total. The second kappa shape index (κ2) is 10.6. The monoisotopic (exact) mass is 537 g/mol. The number of carboxylic acid groups (broad SMARTS) is 1. The van der Waals surface area contributed by atoms with Crippen molar-refractivity contribution in [1.82, 2.24) is 14.4 Å². The number of primary amides is 1. The van der Waals surface area contributed by atoms with Gasteiger partial charge in [-0.3, -0.25) is 19.3 Å². The van der Waals surface area contributed by atoms with Gasteiger partial charge in [0.2, 0.25) is 0 Å². The number of fused-ring (bicyclic) bond motifs is 1. The molecule has 2 amide bonds. The molecule has 3 aromatic rings. The number of hydrogen-bond donors (Lipinski definition) is 2. The van der Waals surface area contributed by atoms with Gasteiger partial charge in [0.05, 0.1) is 23.8 Å². The van der Waals surface area contributed by atoms with E-state index in [9.17, 15) is 24.3 Å². The number of anilines is 2. The van der Waals surface area contributed by atoms with E-state index in [-0.39, 0.29) is 29.1 Å². The molecule has 1 aliphatic heterocycles. The summed E-state index contributed by atoms with van der Waals surface area (Å²) in [5.74, 6) is -1.21. The maximum atomic E-state index is 13.4. The number of carbonyl (C=O) groups excluding carboxylic acids is 3. The maximum absolute atomic E-state index is 13.4. The topological polar surface area (TPSA) is 172 Å². The normalized spacial score (nSPS) is 17.9. The fraction of sp³-hybridized carbons (Fsp3) is 0.360. The van der Waals surface area contributed by atoms with Crippen molar-refractivity contribution in [3.05, 3.63) is 57.0 Å². The van der Waals surface area contributed by atoms with E-state index in [0.717, 1.165) is 30.7 Å². The van der Waals surface area contributed by atoms with Crippen LogP contribution in [0.3, 0.4) is 0 Å². The van der Waals surface area contributed by atoms with Crippen molar-refractivity contribution < 1.29 is 24.2 Å². The molecule has 1 unspecified atom stereocenters.